The summed E-state index contributed by atoms with van der Waals surface area (Å²) in [5, 5.41) is 14.0. The molecule has 3 heterocycles. The van der Waals surface area contributed by atoms with Crippen molar-refractivity contribution in [1.29, 1.82) is 0 Å². The molecule has 1 spiro atoms. The zero-order valence-corrected chi connectivity index (χ0v) is 20.6. The fourth-order valence-electron chi connectivity index (χ4n) is 7.74. The number of imide groups is 2. The first-order valence-electron chi connectivity index (χ1n) is 11.9. The lowest BCUT2D eigenvalue weighted by atomic mass is 9.56. The number of non-ortho nitro benzene ring substituents is 1. The second-order valence-corrected chi connectivity index (χ2v) is 12.7. The Labute approximate surface area is 199 Å². The van der Waals surface area contributed by atoms with Crippen molar-refractivity contribution in [2.45, 2.75) is 84.8 Å². The first-order valence-corrected chi connectivity index (χ1v) is 11.9. The predicted molar refractivity (Wildman–Crippen MR) is 125 cm³/mol. The van der Waals surface area contributed by atoms with Gasteiger partial charge in [0.15, 0.2) is 5.41 Å². The van der Waals surface area contributed by atoms with Crippen molar-refractivity contribution in [1.82, 2.24) is 10.2 Å². The van der Waals surface area contributed by atoms with Crippen molar-refractivity contribution in [2.75, 3.05) is 4.90 Å². The molecule has 4 atom stereocenters. The number of anilines is 1. The van der Waals surface area contributed by atoms with Crippen LogP contribution >= 0.6 is 0 Å². The van der Waals surface area contributed by atoms with Gasteiger partial charge in [0.05, 0.1) is 11.0 Å². The number of amides is 4. The molecule has 1 aromatic rings. The van der Waals surface area contributed by atoms with E-state index in [1.807, 2.05) is 0 Å². The van der Waals surface area contributed by atoms with Crippen LogP contribution in [0.2, 0.25) is 0 Å². The molecule has 0 unspecified atom stereocenters. The second kappa shape index (κ2) is 6.58. The number of nitrogens with zero attached hydrogens (tertiary/aromatic N) is 3. The van der Waals surface area contributed by atoms with Crippen molar-refractivity contribution in [3.05, 3.63) is 33.9 Å². The van der Waals surface area contributed by atoms with Crippen LogP contribution in [0.5, 0.6) is 0 Å². The average molecular weight is 469 g/mol. The van der Waals surface area contributed by atoms with Crippen LogP contribution in [0, 0.1) is 26.4 Å². The van der Waals surface area contributed by atoms with Gasteiger partial charge in [-0.25, -0.2) is 4.79 Å². The minimum absolute atomic E-state index is 0.00482. The van der Waals surface area contributed by atoms with Gasteiger partial charge in [0, 0.05) is 35.8 Å². The maximum Gasteiger partial charge on any atom is 0.331 e. The number of hydrogen-bond acceptors (Lipinski definition) is 6. The first-order chi connectivity index (χ1) is 15.6. The number of nitro benzene ring substituents is 1. The van der Waals surface area contributed by atoms with E-state index in [1.54, 1.807) is 26.8 Å². The van der Waals surface area contributed by atoms with E-state index in [0.717, 1.165) is 24.9 Å². The van der Waals surface area contributed by atoms with Crippen molar-refractivity contribution in [2.24, 2.45) is 16.2 Å². The van der Waals surface area contributed by atoms with Crippen LogP contribution < -0.4 is 10.2 Å². The molecule has 4 amide bonds. The summed E-state index contributed by atoms with van der Waals surface area (Å²) in [5.74, 6) is -1.10. The second-order valence-electron chi connectivity index (χ2n) is 12.7. The van der Waals surface area contributed by atoms with Crippen LogP contribution in [-0.2, 0) is 16.0 Å². The highest BCUT2D eigenvalue weighted by Crippen LogP contribution is 2.64. The van der Waals surface area contributed by atoms with Crippen molar-refractivity contribution < 1.29 is 19.3 Å². The molecular weight excluding hydrogens is 436 g/mol. The smallest absolute Gasteiger partial charge is 0.331 e. The third-order valence-electron chi connectivity index (χ3n) is 8.28. The molecule has 1 aromatic carbocycles. The standard InChI is InChI=1S/C25H32N4O5/c1-22(2,3)28-20(31)25(19(30)26-21(28)32)10-14-9-15(29(33)34)7-8-17(14)27-16-11-23(4,5)13-24(6,12-16)18(25)27/h7-9,16,18H,10-13H2,1-6H3,(H,26,30,32)/t16-,18+,24-,25-/m0/s1. The largest absolute Gasteiger partial charge is 0.363 e. The molecule has 34 heavy (non-hydrogen) atoms. The molecule has 182 valence electrons. The van der Waals surface area contributed by atoms with Gasteiger partial charge in [-0.15, -0.1) is 0 Å². The zero-order valence-electron chi connectivity index (χ0n) is 20.6. The average Bonchev–Trinajstić information content (AvgIpc) is 2.90. The van der Waals surface area contributed by atoms with E-state index in [4.69, 9.17) is 0 Å². The number of hydrogen-bond donors (Lipinski definition) is 1. The van der Waals surface area contributed by atoms with E-state index < -0.39 is 39.8 Å². The highest BCUT2D eigenvalue weighted by atomic mass is 16.6. The van der Waals surface area contributed by atoms with Gasteiger partial charge in [-0.1, -0.05) is 20.8 Å². The molecule has 0 aromatic heterocycles. The Morgan fingerprint density at radius 3 is 2.41 bits per heavy atom. The normalized spacial score (nSPS) is 34.1. The van der Waals surface area contributed by atoms with Crippen LogP contribution in [0.4, 0.5) is 16.2 Å². The topological polar surface area (TPSA) is 113 Å². The van der Waals surface area contributed by atoms with E-state index in [1.165, 1.54) is 17.0 Å². The summed E-state index contributed by atoms with van der Waals surface area (Å²) in [5.41, 5.74) is -1.34. The van der Waals surface area contributed by atoms with Gasteiger partial charge in [0.25, 0.3) is 5.69 Å². The van der Waals surface area contributed by atoms with E-state index in [9.17, 15) is 24.5 Å². The maximum atomic E-state index is 14.3. The number of urea groups is 1. The number of nitrogens with one attached hydrogen (secondary N) is 1. The van der Waals surface area contributed by atoms with Crippen LogP contribution in [0.1, 0.15) is 66.4 Å². The Hall–Kier alpha value is -2.97. The molecule has 0 radical (unpaired) electrons. The van der Waals surface area contributed by atoms with Crippen molar-refractivity contribution in [3.8, 4) is 0 Å². The van der Waals surface area contributed by atoms with Crippen LogP contribution in [0.25, 0.3) is 0 Å². The summed E-state index contributed by atoms with van der Waals surface area (Å²) >= 11 is 0. The molecule has 3 fully saturated rings. The highest BCUT2D eigenvalue weighted by molar-refractivity contribution is 6.21. The van der Waals surface area contributed by atoms with Gasteiger partial charge in [-0.3, -0.25) is 29.9 Å². The highest BCUT2D eigenvalue weighted by Gasteiger charge is 2.71. The van der Waals surface area contributed by atoms with Gasteiger partial charge < -0.3 is 4.90 Å². The SMILES string of the molecule is CC1(C)C[C@H]2C[C@@](C)(C1)[C@H]1N2c2ccc([N+](=O)[O-])cc2C[C@@]12C(=O)NC(=O)N(C(C)(C)C)C2=O. The number of barbiturate groups is 1. The third-order valence-corrected chi connectivity index (χ3v) is 8.28. The van der Waals surface area contributed by atoms with Crippen LogP contribution in [0.3, 0.4) is 0 Å². The van der Waals surface area contributed by atoms with E-state index in [-0.39, 0.29) is 29.0 Å². The number of nitro groups is 1. The molecule has 4 aliphatic rings. The molecule has 9 nitrogen and oxygen atoms in total. The van der Waals surface area contributed by atoms with Gasteiger partial charge in [0.1, 0.15) is 0 Å². The number of carbonyl (C=O) groups is 3. The molecule has 1 N–H and O–H groups in total. The van der Waals surface area contributed by atoms with E-state index >= 15 is 0 Å². The quantitative estimate of drug-likeness (QED) is 0.381. The summed E-state index contributed by atoms with van der Waals surface area (Å²) in [6, 6.07) is 3.68. The lowest BCUT2D eigenvalue weighted by Crippen LogP contribution is -2.75. The molecule has 2 bridgehead atoms. The summed E-state index contributed by atoms with van der Waals surface area (Å²) in [6.45, 7) is 11.9. The minimum atomic E-state index is -1.55. The Kier molecular flexibility index (Phi) is 4.41. The number of fused-ring (bicyclic) bond motifs is 8. The molecule has 2 saturated heterocycles. The fourth-order valence-corrected chi connectivity index (χ4v) is 7.74. The Morgan fingerprint density at radius 2 is 1.79 bits per heavy atom. The molecule has 3 aliphatic heterocycles. The molecule has 1 saturated carbocycles. The summed E-state index contributed by atoms with van der Waals surface area (Å²) < 4.78 is 0. The fraction of sp³-hybridized carbons (Fsp3) is 0.640. The van der Waals surface area contributed by atoms with Crippen LogP contribution in [-0.4, -0.2) is 45.3 Å². The third kappa shape index (κ3) is 2.88. The maximum absolute atomic E-state index is 14.3. The molecule has 9 heteroatoms. The van der Waals surface area contributed by atoms with Gasteiger partial charge in [0.2, 0.25) is 11.8 Å². The predicted octanol–water partition coefficient (Wildman–Crippen LogP) is 3.79. The van der Waals surface area contributed by atoms with E-state index in [2.05, 4.69) is 31.0 Å². The summed E-state index contributed by atoms with van der Waals surface area (Å²) in [6.07, 6.45) is 2.58. The number of benzene rings is 1. The first kappa shape index (κ1) is 22.8. The van der Waals surface area contributed by atoms with Crippen molar-refractivity contribution in [3.63, 3.8) is 0 Å². The monoisotopic (exact) mass is 468 g/mol. The van der Waals surface area contributed by atoms with Gasteiger partial charge in [-0.05, 0) is 62.5 Å². The number of carbonyl (C=O) groups excluding carboxylic acids is 3. The van der Waals surface area contributed by atoms with Crippen LogP contribution in [0.15, 0.2) is 18.2 Å². The van der Waals surface area contributed by atoms with E-state index in [0.29, 0.717) is 5.56 Å². The molecular formula is C25H32N4O5. The Morgan fingerprint density at radius 1 is 1.12 bits per heavy atom. The minimum Gasteiger partial charge on any atom is -0.363 e. The lowest BCUT2D eigenvalue weighted by Gasteiger charge is -2.55. The van der Waals surface area contributed by atoms with Crippen molar-refractivity contribution >= 4 is 29.2 Å². The Balaban J connectivity index is 1.78. The molecule has 5 rings (SSSR count). The molecule has 1 aliphatic carbocycles. The Bertz CT molecular complexity index is 1150. The lowest BCUT2D eigenvalue weighted by molar-refractivity contribution is -0.384. The zero-order chi connectivity index (χ0) is 25.0. The van der Waals surface area contributed by atoms with Gasteiger partial charge in [-0.2, -0.15) is 0 Å². The van der Waals surface area contributed by atoms with Gasteiger partial charge >= 0.3 is 6.03 Å². The summed E-state index contributed by atoms with van der Waals surface area (Å²) in [4.78, 5) is 55.4. The number of rotatable bonds is 1. The summed E-state index contributed by atoms with van der Waals surface area (Å²) in [7, 11) is 0.